The molecule has 0 aromatic carbocycles. The summed E-state index contributed by atoms with van der Waals surface area (Å²) in [7, 11) is 0. The SMILES string of the molecule is CCOC(=O)N1CCC(C(=O)NC(CC)C23CC4CC(CC(C4)C2)C3)CC1. The fourth-order valence-electron chi connectivity index (χ4n) is 7.12. The zero-order chi connectivity index (χ0) is 19.0. The summed E-state index contributed by atoms with van der Waals surface area (Å²) in [5.74, 6) is 3.00. The Labute approximate surface area is 163 Å². The highest BCUT2D eigenvalue weighted by Gasteiger charge is 2.54. The smallest absolute Gasteiger partial charge is 0.409 e. The molecule has 1 unspecified atom stereocenters. The summed E-state index contributed by atoms with van der Waals surface area (Å²) in [6.07, 6.45) is 10.6. The van der Waals surface area contributed by atoms with Crippen molar-refractivity contribution >= 4 is 12.0 Å². The van der Waals surface area contributed by atoms with E-state index in [1.807, 2.05) is 6.92 Å². The second-order valence-corrected chi connectivity index (χ2v) is 9.71. The van der Waals surface area contributed by atoms with E-state index in [9.17, 15) is 9.59 Å². The lowest BCUT2D eigenvalue weighted by Gasteiger charge is -2.59. The number of likely N-dealkylation sites (tertiary alicyclic amines) is 1. The van der Waals surface area contributed by atoms with Crippen molar-refractivity contribution in [3.05, 3.63) is 0 Å². The van der Waals surface area contributed by atoms with Gasteiger partial charge in [-0.2, -0.15) is 0 Å². The Bertz CT molecular complexity index is 533. The number of amides is 2. The fourth-order valence-corrected chi connectivity index (χ4v) is 7.12. The average Bonchev–Trinajstić information content (AvgIpc) is 2.65. The Morgan fingerprint density at radius 3 is 2.07 bits per heavy atom. The van der Waals surface area contributed by atoms with Crippen molar-refractivity contribution in [3.8, 4) is 0 Å². The minimum atomic E-state index is -0.239. The van der Waals surface area contributed by atoms with Gasteiger partial charge in [0.25, 0.3) is 0 Å². The minimum absolute atomic E-state index is 0.0404. The molecule has 4 saturated carbocycles. The number of carbonyl (C=O) groups is 2. The van der Waals surface area contributed by atoms with E-state index in [4.69, 9.17) is 4.74 Å². The highest BCUT2D eigenvalue weighted by atomic mass is 16.6. The number of hydrogen-bond acceptors (Lipinski definition) is 3. The molecule has 5 rings (SSSR count). The van der Waals surface area contributed by atoms with Gasteiger partial charge >= 0.3 is 6.09 Å². The zero-order valence-corrected chi connectivity index (χ0v) is 17.0. The Kier molecular flexibility index (Phi) is 5.39. The molecule has 1 atom stereocenters. The summed E-state index contributed by atoms with van der Waals surface area (Å²) in [4.78, 5) is 26.6. The van der Waals surface area contributed by atoms with Crippen LogP contribution in [0.1, 0.15) is 71.6 Å². The van der Waals surface area contributed by atoms with Crippen LogP contribution >= 0.6 is 0 Å². The number of piperidine rings is 1. The first-order valence-corrected chi connectivity index (χ1v) is 11.2. The van der Waals surface area contributed by atoms with Gasteiger partial charge in [-0.05, 0) is 87.9 Å². The molecule has 1 heterocycles. The maximum Gasteiger partial charge on any atom is 0.409 e. The van der Waals surface area contributed by atoms with E-state index in [1.54, 1.807) is 4.90 Å². The lowest BCUT2D eigenvalue weighted by atomic mass is 9.47. The number of hydrogen-bond donors (Lipinski definition) is 1. The Morgan fingerprint density at radius 2 is 1.59 bits per heavy atom. The third-order valence-electron chi connectivity index (χ3n) is 7.94. The van der Waals surface area contributed by atoms with Gasteiger partial charge in [0, 0.05) is 25.0 Å². The van der Waals surface area contributed by atoms with E-state index < -0.39 is 0 Å². The van der Waals surface area contributed by atoms with Gasteiger partial charge in [-0.3, -0.25) is 4.79 Å². The van der Waals surface area contributed by atoms with Gasteiger partial charge in [0.2, 0.25) is 5.91 Å². The van der Waals surface area contributed by atoms with Crippen molar-refractivity contribution in [2.75, 3.05) is 19.7 Å². The van der Waals surface area contributed by atoms with Crippen LogP contribution in [0.5, 0.6) is 0 Å². The van der Waals surface area contributed by atoms with Gasteiger partial charge in [-0.15, -0.1) is 0 Å². The van der Waals surface area contributed by atoms with Gasteiger partial charge in [-0.1, -0.05) is 6.92 Å². The summed E-state index contributed by atoms with van der Waals surface area (Å²) < 4.78 is 5.08. The summed E-state index contributed by atoms with van der Waals surface area (Å²) in [5, 5.41) is 3.49. The van der Waals surface area contributed by atoms with Crippen LogP contribution < -0.4 is 5.32 Å². The molecule has 5 nitrogen and oxygen atoms in total. The lowest BCUT2D eigenvalue weighted by molar-refractivity contribution is -0.131. The maximum atomic E-state index is 13.0. The van der Waals surface area contributed by atoms with E-state index >= 15 is 0 Å². The van der Waals surface area contributed by atoms with Gasteiger partial charge in [-0.25, -0.2) is 4.79 Å². The fraction of sp³-hybridized carbons (Fsp3) is 0.909. The Hall–Kier alpha value is -1.26. The van der Waals surface area contributed by atoms with Crippen LogP contribution in [0, 0.1) is 29.1 Å². The van der Waals surface area contributed by atoms with Crippen molar-refractivity contribution < 1.29 is 14.3 Å². The second kappa shape index (κ2) is 7.63. The third-order valence-corrected chi connectivity index (χ3v) is 7.94. The normalized spacial score (nSPS) is 36.5. The summed E-state index contributed by atoms with van der Waals surface area (Å²) >= 11 is 0. The number of nitrogens with zero attached hydrogens (tertiary/aromatic N) is 1. The summed E-state index contributed by atoms with van der Waals surface area (Å²) in [5.41, 5.74) is 0.366. The van der Waals surface area contributed by atoms with Crippen molar-refractivity contribution in [1.82, 2.24) is 10.2 Å². The summed E-state index contributed by atoms with van der Waals surface area (Å²) in [6.45, 7) is 5.74. The molecule has 4 aliphatic carbocycles. The molecular formula is C22H36N2O3. The first-order chi connectivity index (χ1) is 13.0. The van der Waals surface area contributed by atoms with Gasteiger partial charge in [0.15, 0.2) is 0 Å². The van der Waals surface area contributed by atoms with Crippen LogP contribution in [0.4, 0.5) is 4.79 Å². The van der Waals surface area contributed by atoms with E-state index in [-0.39, 0.29) is 17.9 Å². The molecule has 0 spiro atoms. The molecule has 2 amide bonds. The molecule has 5 fully saturated rings. The van der Waals surface area contributed by atoms with Crippen molar-refractivity contribution in [3.63, 3.8) is 0 Å². The quantitative estimate of drug-likeness (QED) is 0.790. The highest BCUT2D eigenvalue weighted by Crippen LogP contribution is 2.61. The van der Waals surface area contributed by atoms with Crippen LogP contribution in [-0.2, 0) is 9.53 Å². The van der Waals surface area contributed by atoms with Crippen molar-refractivity contribution in [2.24, 2.45) is 29.1 Å². The van der Waals surface area contributed by atoms with Crippen LogP contribution in [0.15, 0.2) is 0 Å². The molecule has 5 heteroatoms. The molecule has 1 N–H and O–H groups in total. The zero-order valence-electron chi connectivity index (χ0n) is 17.0. The first kappa shape index (κ1) is 19.1. The summed E-state index contributed by atoms with van der Waals surface area (Å²) in [6, 6.07) is 0.335. The molecule has 0 radical (unpaired) electrons. The van der Waals surface area contributed by atoms with E-state index in [0.717, 1.165) is 37.0 Å². The third kappa shape index (κ3) is 3.71. The monoisotopic (exact) mass is 376 g/mol. The van der Waals surface area contributed by atoms with E-state index in [1.165, 1.54) is 38.5 Å². The Morgan fingerprint density at radius 1 is 1.04 bits per heavy atom. The van der Waals surface area contributed by atoms with Gasteiger partial charge < -0.3 is 15.0 Å². The van der Waals surface area contributed by atoms with Crippen LogP contribution in [0.2, 0.25) is 0 Å². The van der Waals surface area contributed by atoms with Gasteiger partial charge in [0.05, 0.1) is 6.61 Å². The number of nitrogens with one attached hydrogen (secondary N) is 1. The molecule has 4 bridgehead atoms. The lowest BCUT2D eigenvalue weighted by Crippen LogP contribution is -2.57. The van der Waals surface area contributed by atoms with Gasteiger partial charge in [0.1, 0.15) is 0 Å². The number of rotatable bonds is 5. The van der Waals surface area contributed by atoms with E-state index in [0.29, 0.717) is 31.2 Å². The molecule has 5 aliphatic rings. The van der Waals surface area contributed by atoms with E-state index in [2.05, 4.69) is 12.2 Å². The van der Waals surface area contributed by atoms with Crippen LogP contribution in [0.25, 0.3) is 0 Å². The Balaban J connectivity index is 1.34. The average molecular weight is 377 g/mol. The van der Waals surface area contributed by atoms with Crippen molar-refractivity contribution in [1.29, 1.82) is 0 Å². The second-order valence-electron chi connectivity index (χ2n) is 9.71. The number of ether oxygens (including phenoxy) is 1. The highest BCUT2D eigenvalue weighted by molar-refractivity contribution is 5.79. The van der Waals surface area contributed by atoms with Crippen LogP contribution in [-0.4, -0.2) is 42.6 Å². The molecule has 27 heavy (non-hydrogen) atoms. The first-order valence-electron chi connectivity index (χ1n) is 11.2. The largest absolute Gasteiger partial charge is 0.450 e. The predicted octanol–water partition coefficient (Wildman–Crippen LogP) is 3.97. The standard InChI is InChI=1S/C22H36N2O3/c1-3-19(22-12-15-9-16(13-22)11-17(10-15)14-22)23-20(25)18-5-7-24(8-6-18)21(26)27-4-2/h15-19H,3-14H2,1-2H3,(H,23,25). The topological polar surface area (TPSA) is 58.6 Å². The van der Waals surface area contributed by atoms with Crippen molar-refractivity contribution in [2.45, 2.75) is 77.7 Å². The minimum Gasteiger partial charge on any atom is -0.450 e. The molecule has 1 aliphatic heterocycles. The maximum absolute atomic E-state index is 13.0. The predicted molar refractivity (Wildman–Crippen MR) is 104 cm³/mol. The van der Waals surface area contributed by atoms with Crippen LogP contribution in [0.3, 0.4) is 0 Å². The molecule has 0 aromatic heterocycles. The molecular weight excluding hydrogens is 340 g/mol. The molecule has 0 aromatic rings. The molecule has 152 valence electrons. The molecule has 1 saturated heterocycles. The number of carbonyl (C=O) groups excluding carboxylic acids is 2.